The largest absolute Gasteiger partial charge is 0.505 e. The van der Waals surface area contributed by atoms with E-state index < -0.39 is 27.2 Å². The van der Waals surface area contributed by atoms with Gasteiger partial charge < -0.3 is 20.1 Å². The number of halogens is 3. The Bertz CT molecular complexity index is 808. The highest BCUT2D eigenvalue weighted by Crippen LogP contribution is 2.23. The van der Waals surface area contributed by atoms with Gasteiger partial charge >= 0.3 is 0 Å². The third kappa shape index (κ3) is 10.3. The molecule has 2 aromatic carbocycles. The SMILES string of the molecule is O=[N+]([O-])c1ccc(F)c(O)c1.O=[N+]([O-])c1ccc(F)c(OCCO)c1.OCCBr. The van der Waals surface area contributed by atoms with Crippen LogP contribution in [0.5, 0.6) is 11.5 Å². The van der Waals surface area contributed by atoms with Gasteiger partial charge in [-0.15, -0.1) is 0 Å². The summed E-state index contributed by atoms with van der Waals surface area (Å²) in [4.78, 5) is 19.0. The van der Waals surface area contributed by atoms with E-state index in [1.807, 2.05) is 0 Å². The summed E-state index contributed by atoms with van der Waals surface area (Å²) >= 11 is 3.00. The lowest BCUT2D eigenvalue weighted by molar-refractivity contribution is -0.385. The number of aromatic hydroxyl groups is 1. The van der Waals surface area contributed by atoms with Crippen molar-refractivity contribution in [1.29, 1.82) is 0 Å². The molecule has 0 spiro atoms. The van der Waals surface area contributed by atoms with E-state index in [4.69, 9.17) is 20.1 Å². The summed E-state index contributed by atoms with van der Waals surface area (Å²) in [6, 6.07) is 5.55. The van der Waals surface area contributed by atoms with Gasteiger partial charge in [-0.1, -0.05) is 15.9 Å². The first-order valence-electron chi connectivity index (χ1n) is 7.65. The van der Waals surface area contributed by atoms with Gasteiger partial charge in [0.2, 0.25) is 0 Å². The fourth-order valence-electron chi connectivity index (χ4n) is 1.49. The molecule has 2 rings (SSSR count). The lowest BCUT2D eigenvalue weighted by atomic mass is 10.3. The van der Waals surface area contributed by atoms with Crippen LogP contribution >= 0.6 is 15.9 Å². The summed E-state index contributed by atoms with van der Waals surface area (Å²) in [7, 11) is 0. The third-order valence-corrected chi connectivity index (χ3v) is 3.05. The van der Waals surface area contributed by atoms with E-state index in [1.54, 1.807) is 0 Å². The quantitative estimate of drug-likeness (QED) is 0.322. The molecule has 2 aromatic rings. The molecule has 0 aliphatic carbocycles. The van der Waals surface area contributed by atoms with E-state index in [0.29, 0.717) is 5.33 Å². The van der Waals surface area contributed by atoms with Gasteiger partial charge in [-0.3, -0.25) is 20.2 Å². The van der Waals surface area contributed by atoms with E-state index >= 15 is 0 Å². The fraction of sp³-hybridized carbons (Fsp3) is 0.250. The molecule has 0 bridgehead atoms. The van der Waals surface area contributed by atoms with Gasteiger partial charge in [-0.05, 0) is 12.1 Å². The molecule has 3 N–H and O–H groups in total. The maximum atomic E-state index is 12.9. The lowest BCUT2D eigenvalue weighted by Crippen LogP contribution is -2.03. The second-order valence-corrected chi connectivity index (χ2v) is 5.54. The first-order valence-corrected chi connectivity index (χ1v) is 8.77. The van der Waals surface area contributed by atoms with Gasteiger partial charge in [0.1, 0.15) is 6.61 Å². The second-order valence-electron chi connectivity index (χ2n) is 4.75. The first kappa shape index (κ1) is 26.1. The first-order chi connectivity index (χ1) is 13.7. The summed E-state index contributed by atoms with van der Waals surface area (Å²) < 4.78 is 30.0. The Balaban J connectivity index is 0.000000466. The zero-order chi connectivity index (χ0) is 22.4. The van der Waals surface area contributed by atoms with E-state index in [2.05, 4.69) is 15.9 Å². The molecule has 0 saturated heterocycles. The third-order valence-electron chi connectivity index (χ3n) is 2.70. The zero-order valence-corrected chi connectivity index (χ0v) is 16.3. The maximum absolute atomic E-state index is 12.9. The number of aliphatic hydroxyl groups is 2. The Labute approximate surface area is 171 Å². The van der Waals surface area contributed by atoms with Crippen LogP contribution in [0.4, 0.5) is 20.2 Å². The number of alkyl halides is 1. The summed E-state index contributed by atoms with van der Waals surface area (Å²) in [5.74, 6) is -2.49. The van der Waals surface area contributed by atoms with Gasteiger partial charge in [0, 0.05) is 17.5 Å². The number of nitro groups is 2. The van der Waals surface area contributed by atoms with Gasteiger partial charge in [0.15, 0.2) is 23.1 Å². The smallest absolute Gasteiger partial charge is 0.273 e. The molecule has 0 unspecified atom stereocenters. The number of non-ortho nitro benzene ring substituents is 2. The maximum Gasteiger partial charge on any atom is 0.273 e. The highest BCUT2D eigenvalue weighted by Gasteiger charge is 2.11. The molecule has 0 amide bonds. The van der Waals surface area contributed by atoms with Crippen LogP contribution in [0.25, 0.3) is 0 Å². The normalized spacial score (nSPS) is 9.41. The number of rotatable bonds is 6. The Kier molecular flexibility index (Phi) is 12.7. The van der Waals surface area contributed by atoms with Crippen molar-refractivity contribution in [3.05, 3.63) is 68.3 Å². The van der Waals surface area contributed by atoms with Crippen molar-refractivity contribution in [3.8, 4) is 11.5 Å². The van der Waals surface area contributed by atoms with Crippen LogP contribution in [0.3, 0.4) is 0 Å². The summed E-state index contributed by atoms with van der Waals surface area (Å²) in [6.07, 6.45) is 0. The molecule has 0 aliphatic rings. The van der Waals surface area contributed by atoms with Crippen LogP contribution in [0, 0.1) is 31.9 Å². The molecule has 0 radical (unpaired) electrons. The number of phenols is 1. The highest BCUT2D eigenvalue weighted by atomic mass is 79.9. The average molecular weight is 483 g/mol. The average Bonchev–Trinajstić information content (AvgIpc) is 2.69. The Morgan fingerprint density at radius 2 is 1.41 bits per heavy atom. The van der Waals surface area contributed by atoms with Crippen molar-refractivity contribution in [2.24, 2.45) is 0 Å². The fourth-order valence-corrected chi connectivity index (χ4v) is 1.49. The molecule has 160 valence electrons. The Hall–Kier alpha value is -2.90. The van der Waals surface area contributed by atoms with Gasteiger partial charge in [0.25, 0.3) is 11.4 Å². The predicted molar refractivity (Wildman–Crippen MR) is 101 cm³/mol. The molecular weight excluding hydrogens is 466 g/mol. The number of hydrogen-bond acceptors (Lipinski definition) is 8. The number of nitrogens with zero attached hydrogens (tertiary/aromatic N) is 2. The van der Waals surface area contributed by atoms with Crippen molar-refractivity contribution in [3.63, 3.8) is 0 Å². The minimum Gasteiger partial charge on any atom is -0.505 e. The number of benzene rings is 2. The van der Waals surface area contributed by atoms with Crippen molar-refractivity contribution >= 4 is 27.3 Å². The number of nitro benzene ring substituents is 2. The van der Waals surface area contributed by atoms with E-state index in [-0.39, 0.29) is 36.9 Å². The molecule has 0 aromatic heterocycles. The van der Waals surface area contributed by atoms with Gasteiger partial charge in [-0.25, -0.2) is 8.78 Å². The van der Waals surface area contributed by atoms with Crippen LogP contribution in [-0.2, 0) is 0 Å². The topological polar surface area (TPSA) is 156 Å². The molecular formula is C16H17BrF2N2O8. The van der Waals surface area contributed by atoms with Gasteiger partial charge in [-0.2, -0.15) is 0 Å². The number of phenolic OH excluding ortho intramolecular Hbond substituents is 1. The van der Waals surface area contributed by atoms with Crippen molar-refractivity contribution in [1.82, 2.24) is 0 Å². The number of aliphatic hydroxyl groups excluding tert-OH is 2. The molecule has 13 heteroatoms. The molecule has 0 aliphatic heterocycles. The van der Waals surface area contributed by atoms with Crippen LogP contribution in [0.1, 0.15) is 0 Å². The van der Waals surface area contributed by atoms with Crippen molar-refractivity contribution < 1.29 is 38.7 Å². The molecule has 0 atom stereocenters. The van der Waals surface area contributed by atoms with E-state index in [0.717, 1.165) is 36.4 Å². The molecule has 0 heterocycles. The van der Waals surface area contributed by atoms with Crippen LogP contribution in [0.15, 0.2) is 36.4 Å². The standard InChI is InChI=1S/C8H8FNO4.C6H4FNO3.C2H5BrO/c9-7-2-1-6(10(12)13)5-8(7)14-4-3-11;7-5-2-1-4(8(10)11)3-6(5)9;3-1-2-4/h1-2,5,11H,3-4H2;1-3,9H;4H,1-2H2. The molecule has 0 saturated carbocycles. The Morgan fingerprint density at radius 1 is 0.931 bits per heavy atom. The minimum atomic E-state index is -0.865. The second kappa shape index (κ2) is 14.1. The Morgan fingerprint density at radius 3 is 1.83 bits per heavy atom. The van der Waals surface area contributed by atoms with Crippen LogP contribution < -0.4 is 4.74 Å². The lowest BCUT2D eigenvalue weighted by Gasteiger charge is -2.04. The summed E-state index contributed by atoms with van der Waals surface area (Å²) in [5, 5.41) is 46.0. The van der Waals surface area contributed by atoms with Crippen LogP contribution in [-0.4, -0.2) is 50.3 Å². The minimum absolute atomic E-state index is 0.0991. The van der Waals surface area contributed by atoms with Crippen LogP contribution in [0.2, 0.25) is 0 Å². The molecule has 10 nitrogen and oxygen atoms in total. The molecule has 29 heavy (non-hydrogen) atoms. The van der Waals surface area contributed by atoms with Gasteiger partial charge in [0.05, 0.1) is 35.2 Å². The van der Waals surface area contributed by atoms with E-state index in [1.165, 1.54) is 0 Å². The van der Waals surface area contributed by atoms with Crippen molar-refractivity contribution in [2.75, 3.05) is 25.2 Å². The monoisotopic (exact) mass is 482 g/mol. The number of ether oxygens (including phenoxy) is 1. The number of hydrogen-bond donors (Lipinski definition) is 3. The highest BCUT2D eigenvalue weighted by molar-refractivity contribution is 9.09. The van der Waals surface area contributed by atoms with E-state index in [9.17, 15) is 29.0 Å². The molecule has 0 fully saturated rings. The zero-order valence-electron chi connectivity index (χ0n) is 14.7. The summed E-state index contributed by atoms with van der Waals surface area (Å²) in [5.41, 5.74) is -0.580. The van der Waals surface area contributed by atoms with Crippen molar-refractivity contribution in [2.45, 2.75) is 0 Å². The summed E-state index contributed by atoms with van der Waals surface area (Å²) in [6.45, 7) is -0.139. The predicted octanol–water partition coefficient (Wildman–Crippen LogP) is 2.92.